The van der Waals surface area contributed by atoms with Gasteiger partial charge in [0.2, 0.25) is 5.91 Å². The SMILES string of the molecule is NC(=O)OC1CCCCC/C=C/C2CC2(C(=O)NS(=O)(=O)c2ccc(Cl)s2)NC(=O)C2CCCN2C1=O. The van der Waals surface area contributed by atoms with Crippen molar-refractivity contribution in [2.75, 3.05) is 6.54 Å². The number of primary amides is 1. The number of fused-ring (bicyclic) bond motifs is 2. The van der Waals surface area contributed by atoms with Crippen LogP contribution in [0.25, 0.3) is 0 Å². The molecule has 202 valence electrons. The van der Waals surface area contributed by atoms with E-state index < -0.39 is 57.4 Å². The van der Waals surface area contributed by atoms with E-state index in [2.05, 4.69) is 10.0 Å². The van der Waals surface area contributed by atoms with E-state index in [9.17, 15) is 27.6 Å². The molecule has 14 heteroatoms. The Morgan fingerprint density at radius 3 is 2.68 bits per heavy atom. The minimum atomic E-state index is -4.19. The van der Waals surface area contributed by atoms with Crippen LogP contribution in [-0.4, -0.2) is 61.4 Å². The molecule has 0 bridgehead atoms. The van der Waals surface area contributed by atoms with Gasteiger partial charge in [0.15, 0.2) is 6.10 Å². The molecule has 2 aliphatic heterocycles. The Morgan fingerprint density at radius 1 is 1.19 bits per heavy atom. The van der Waals surface area contributed by atoms with Gasteiger partial charge >= 0.3 is 6.09 Å². The topological polar surface area (TPSA) is 165 Å². The van der Waals surface area contributed by atoms with Gasteiger partial charge < -0.3 is 20.7 Å². The average molecular weight is 573 g/mol. The molecule has 11 nitrogen and oxygen atoms in total. The largest absolute Gasteiger partial charge is 0.436 e. The number of thiophene rings is 1. The summed E-state index contributed by atoms with van der Waals surface area (Å²) in [6.45, 7) is 0.283. The number of hydrogen-bond acceptors (Lipinski definition) is 8. The van der Waals surface area contributed by atoms with E-state index in [1.54, 1.807) is 0 Å². The van der Waals surface area contributed by atoms with E-state index in [0.29, 0.717) is 25.7 Å². The van der Waals surface area contributed by atoms with Crippen molar-refractivity contribution in [3.63, 3.8) is 0 Å². The van der Waals surface area contributed by atoms with Crippen LogP contribution < -0.4 is 15.8 Å². The van der Waals surface area contributed by atoms with Gasteiger partial charge in [-0.15, -0.1) is 11.3 Å². The van der Waals surface area contributed by atoms with Crippen molar-refractivity contribution in [3.8, 4) is 0 Å². The summed E-state index contributed by atoms with van der Waals surface area (Å²) >= 11 is 6.67. The first kappa shape index (κ1) is 27.4. The van der Waals surface area contributed by atoms with Crippen LogP contribution >= 0.6 is 22.9 Å². The summed E-state index contributed by atoms with van der Waals surface area (Å²) in [5, 5.41) is 2.75. The van der Waals surface area contributed by atoms with Crippen molar-refractivity contribution in [1.82, 2.24) is 14.9 Å². The summed E-state index contributed by atoms with van der Waals surface area (Å²) in [5.41, 5.74) is 3.71. The first-order valence-corrected chi connectivity index (χ1v) is 14.8. The van der Waals surface area contributed by atoms with Gasteiger partial charge in [-0.25, -0.2) is 17.9 Å². The number of nitrogens with zero attached hydrogens (tertiary/aromatic N) is 1. The van der Waals surface area contributed by atoms with Crippen LogP contribution in [0.5, 0.6) is 0 Å². The number of allylic oxidation sites excluding steroid dienone is 1. The molecule has 4 rings (SSSR count). The quantitative estimate of drug-likeness (QED) is 0.464. The molecule has 4 N–H and O–H groups in total. The lowest BCUT2D eigenvalue weighted by Crippen LogP contribution is -2.57. The second-order valence-electron chi connectivity index (χ2n) is 9.45. The minimum Gasteiger partial charge on any atom is -0.436 e. The monoisotopic (exact) mass is 572 g/mol. The number of rotatable bonds is 4. The van der Waals surface area contributed by atoms with Crippen LogP contribution in [-0.2, 0) is 29.1 Å². The van der Waals surface area contributed by atoms with Gasteiger partial charge in [-0.05, 0) is 57.1 Å². The average Bonchev–Trinajstić information content (AvgIpc) is 3.15. The van der Waals surface area contributed by atoms with Crippen molar-refractivity contribution in [2.45, 2.75) is 73.3 Å². The molecule has 1 aromatic rings. The van der Waals surface area contributed by atoms with Crippen LogP contribution in [0.2, 0.25) is 4.34 Å². The summed E-state index contributed by atoms with van der Waals surface area (Å²) in [6.07, 6.45) is 5.86. The maximum absolute atomic E-state index is 13.4. The highest BCUT2D eigenvalue weighted by atomic mass is 35.5. The van der Waals surface area contributed by atoms with Crippen LogP contribution in [0.3, 0.4) is 0 Å². The fourth-order valence-electron chi connectivity index (χ4n) is 4.88. The van der Waals surface area contributed by atoms with Crippen LogP contribution in [0.4, 0.5) is 4.79 Å². The van der Waals surface area contributed by atoms with E-state index in [0.717, 1.165) is 24.2 Å². The highest BCUT2D eigenvalue weighted by Crippen LogP contribution is 2.46. The zero-order valence-electron chi connectivity index (χ0n) is 20.0. The molecule has 4 amide bonds. The highest BCUT2D eigenvalue weighted by Gasteiger charge is 2.61. The molecule has 4 atom stereocenters. The first-order chi connectivity index (χ1) is 17.5. The fourth-order valence-corrected chi connectivity index (χ4v) is 7.40. The number of hydrogen-bond donors (Lipinski definition) is 3. The molecular weight excluding hydrogens is 544 g/mol. The number of carbonyl (C=O) groups excluding carboxylic acids is 4. The van der Waals surface area contributed by atoms with Gasteiger partial charge in [0.1, 0.15) is 15.8 Å². The number of carbonyl (C=O) groups is 4. The van der Waals surface area contributed by atoms with Gasteiger partial charge in [-0.3, -0.25) is 14.4 Å². The molecule has 3 aliphatic rings. The first-order valence-electron chi connectivity index (χ1n) is 12.1. The number of nitrogens with one attached hydrogen (secondary N) is 2. The summed E-state index contributed by atoms with van der Waals surface area (Å²) in [6, 6.07) is 1.82. The molecular formula is C23H29ClN4O7S2. The number of halogens is 1. The molecule has 3 heterocycles. The maximum Gasteiger partial charge on any atom is 0.405 e. The predicted molar refractivity (Wildman–Crippen MR) is 135 cm³/mol. The zero-order valence-corrected chi connectivity index (χ0v) is 22.4. The van der Waals surface area contributed by atoms with Crippen molar-refractivity contribution < 1.29 is 32.3 Å². The number of sulfonamides is 1. The zero-order chi connectivity index (χ0) is 26.8. The smallest absolute Gasteiger partial charge is 0.405 e. The Hall–Kier alpha value is -2.64. The Labute approximate surface area is 223 Å². The summed E-state index contributed by atoms with van der Waals surface area (Å²) in [5.74, 6) is -2.33. The van der Waals surface area contributed by atoms with Gasteiger partial charge in [0, 0.05) is 12.5 Å². The van der Waals surface area contributed by atoms with Crippen LogP contribution in [0.1, 0.15) is 51.4 Å². The van der Waals surface area contributed by atoms with E-state index in [1.165, 1.54) is 17.0 Å². The van der Waals surface area contributed by atoms with E-state index in [-0.39, 0.29) is 27.9 Å². The molecule has 0 spiro atoms. The molecule has 0 aromatic carbocycles. The normalized spacial score (nSPS) is 29.6. The van der Waals surface area contributed by atoms with Crippen molar-refractivity contribution in [1.29, 1.82) is 0 Å². The van der Waals surface area contributed by atoms with Crippen molar-refractivity contribution in [2.24, 2.45) is 11.7 Å². The number of amides is 4. The van der Waals surface area contributed by atoms with Crippen LogP contribution in [0, 0.1) is 5.92 Å². The van der Waals surface area contributed by atoms with E-state index in [1.807, 2.05) is 12.2 Å². The number of nitrogens with two attached hydrogens (primary N) is 1. The lowest BCUT2D eigenvalue weighted by Gasteiger charge is -2.29. The molecule has 37 heavy (non-hydrogen) atoms. The third kappa shape index (κ3) is 6.10. The van der Waals surface area contributed by atoms with Crippen molar-refractivity contribution in [3.05, 3.63) is 28.6 Å². The van der Waals surface area contributed by atoms with E-state index in [4.69, 9.17) is 22.1 Å². The molecule has 1 aliphatic carbocycles. The van der Waals surface area contributed by atoms with Gasteiger partial charge in [0.05, 0.1) is 4.34 Å². The second kappa shape index (κ2) is 11.0. The lowest BCUT2D eigenvalue weighted by atomic mass is 10.1. The minimum absolute atomic E-state index is 0.119. The molecule has 1 saturated carbocycles. The third-order valence-electron chi connectivity index (χ3n) is 6.88. The predicted octanol–water partition coefficient (Wildman–Crippen LogP) is 2.06. The standard InChI is InChI=1S/C23H29ClN4O7S2/c24-17-10-11-18(36-17)37(33,34)27-21(31)23-13-14(23)7-4-2-1-3-5-9-16(35-22(25)32)20(30)28-12-6-8-15(28)19(29)26-23/h4,7,10-11,14-16H,1-3,5-6,8-9,12-13H2,(H2,25,32)(H,26,29)(H,27,31)/b7-4+. The molecule has 1 aromatic heterocycles. The molecule has 1 saturated heterocycles. The Balaban J connectivity index is 1.58. The summed E-state index contributed by atoms with van der Waals surface area (Å²) in [7, 11) is -4.19. The fraction of sp³-hybridized carbons (Fsp3) is 0.565. The van der Waals surface area contributed by atoms with Crippen molar-refractivity contribution >= 4 is 56.8 Å². The number of ether oxygens (including phenoxy) is 1. The Bertz CT molecular complexity index is 1220. The van der Waals surface area contributed by atoms with Gasteiger partial charge in [0.25, 0.3) is 21.8 Å². The Kier molecular flexibility index (Phi) is 8.14. The lowest BCUT2D eigenvalue weighted by molar-refractivity contribution is -0.146. The maximum atomic E-state index is 13.4. The highest BCUT2D eigenvalue weighted by molar-refractivity contribution is 7.92. The third-order valence-corrected chi connectivity index (χ3v) is 9.94. The summed E-state index contributed by atoms with van der Waals surface area (Å²) in [4.78, 5) is 52.7. The van der Waals surface area contributed by atoms with Crippen LogP contribution in [0.15, 0.2) is 28.5 Å². The Morgan fingerprint density at radius 2 is 1.97 bits per heavy atom. The molecule has 4 unspecified atom stereocenters. The van der Waals surface area contributed by atoms with Gasteiger partial charge in [-0.1, -0.05) is 30.2 Å². The molecule has 2 fully saturated rings. The van der Waals surface area contributed by atoms with Gasteiger partial charge in [-0.2, -0.15) is 0 Å². The summed E-state index contributed by atoms with van der Waals surface area (Å²) < 4.78 is 32.8. The second-order valence-corrected chi connectivity index (χ2v) is 13.1. The van der Waals surface area contributed by atoms with E-state index >= 15 is 0 Å². The molecule has 0 radical (unpaired) electrons.